The number of carbonyl (C=O) groups excluding carboxylic acids is 1. The van der Waals surface area contributed by atoms with Gasteiger partial charge in [0, 0.05) is 37.2 Å². The van der Waals surface area contributed by atoms with E-state index in [0.29, 0.717) is 18.0 Å². The molecule has 8 heteroatoms. The molecule has 3 heterocycles. The fourth-order valence-electron chi connectivity index (χ4n) is 3.58. The lowest BCUT2D eigenvalue weighted by Crippen LogP contribution is -2.37. The van der Waals surface area contributed by atoms with Crippen LogP contribution in [0.2, 0.25) is 0 Å². The largest absolute Gasteiger partial charge is 0.371 e. The van der Waals surface area contributed by atoms with Crippen molar-refractivity contribution >= 4 is 33.1 Å². The summed E-state index contributed by atoms with van der Waals surface area (Å²) in [6.07, 6.45) is 7.25. The summed E-state index contributed by atoms with van der Waals surface area (Å²) in [6.45, 7) is 4.52. The number of amidine groups is 1. The second-order valence-electron chi connectivity index (χ2n) is 7.00. The van der Waals surface area contributed by atoms with E-state index >= 15 is 0 Å². The van der Waals surface area contributed by atoms with Crippen LogP contribution in [0, 0.1) is 6.92 Å². The molecule has 1 N–H and O–H groups in total. The minimum Gasteiger partial charge on any atom is -0.371 e. The lowest BCUT2D eigenvalue weighted by molar-refractivity contribution is -0.112. The van der Waals surface area contributed by atoms with Gasteiger partial charge in [-0.15, -0.1) is 4.40 Å². The number of amides is 1. The van der Waals surface area contributed by atoms with Crippen LogP contribution in [0.15, 0.2) is 46.5 Å². The number of benzene rings is 1. The Hall–Kier alpha value is -2.61. The van der Waals surface area contributed by atoms with Crippen molar-refractivity contribution in [2.45, 2.75) is 19.8 Å². The van der Waals surface area contributed by atoms with Crippen LogP contribution < -0.4 is 10.2 Å². The van der Waals surface area contributed by atoms with E-state index in [9.17, 15) is 13.2 Å². The maximum absolute atomic E-state index is 12.6. The van der Waals surface area contributed by atoms with Crippen molar-refractivity contribution in [2.24, 2.45) is 4.40 Å². The number of carbonyl (C=O) groups is 1. The molecule has 1 saturated heterocycles. The van der Waals surface area contributed by atoms with Crippen LogP contribution in [0.3, 0.4) is 0 Å². The molecule has 0 aromatic heterocycles. The molecule has 4 rings (SSSR count). The van der Waals surface area contributed by atoms with E-state index in [-0.39, 0.29) is 11.7 Å². The van der Waals surface area contributed by atoms with Gasteiger partial charge < -0.3 is 15.1 Å². The van der Waals surface area contributed by atoms with E-state index in [1.807, 2.05) is 12.1 Å². The second kappa shape index (κ2) is 6.84. The Morgan fingerprint density at radius 1 is 1.15 bits per heavy atom. The van der Waals surface area contributed by atoms with E-state index in [0.717, 1.165) is 24.3 Å². The molecule has 1 fully saturated rings. The summed E-state index contributed by atoms with van der Waals surface area (Å²) in [5, 5.41) is 2.92. The minimum absolute atomic E-state index is 0.0487. The molecule has 0 unspecified atom stereocenters. The summed E-state index contributed by atoms with van der Waals surface area (Å²) in [7, 11) is -3.39. The molecular weight excluding hydrogens is 364 g/mol. The highest BCUT2D eigenvalue weighted by atomic mass is 32.2. The van der Waals surface area contributed by atoms with Gasteiger partial charge in [0.05, 0.1) is 11.3 Å². The van der Waals surface area contributed by atoms with Crippen LogP contribution in [-0.2, 0) is 14.8 Å². The maximum Gasteiger partial charge on any atom is 0.257 e. The summed E-state index contributed by atoms with van der Waals surface area (Å²) in [4.78, 5) is 16.7. The Labute approximate surface area is 159 Å². The molecular formula is C19H22N4O3S. The smallest absolute Gasteiger partial charge is 0.257 e. The zero-order valence-electron chi connectivity index (χ0n) is 15.2. The summed E-state index contributed by atoms with van der Waals surface area (Å²) in [5.41, 5.74) is 3.57. The standard InChI is InChI=1S/C19H22N4O3S/c1-14-12-16(5-6-17(14)22-8-2-3-9-22)20-19(24)15-4-7-18-21-27(25,26)11-10-23(18)13-15/h4-7,12-13H,2-3,8-11H2,1H3,(H,20,24). The van der Waals surface area contributed by atoms with Gasteiger partial charge in [-0.25, -0.2) is 8.42 Å². The normalized spacial score (nSPS) is 20.8. The molecule has 0 spiro atoms. The fourth-order valence-corrected chi connectivity index (χ4v) is 4.55. The van der Waals surface area contributed by atoms with E-state index in [1.54, 1.807) is 23.3 Å². The monoisotopic (exact) mass is 386 g/mol. The number of rotatable bonds is 3. The SMILES string of the molecule is Cc1cc(NC(=O)C2=CN3CCS(=O)(=O)N=C3C=C2)ccc1N1CCCC1. The van der Waals surface area contributed by atoms with Gasteiger partial charge in [-0.1, -0.05) is 0 Å². The quantitative estimate of drug-likeness (QED) is 0.860. The zero-order chi connectivity index (χ0) is 19.0. The zero-order valence-corrected chi connectivity index (χ0v) is 16.0. The average molecular weight is 386 g/mol. The van der Waals surface area contributed by atoms with Crippen LogP contribution in [0.1, 0.15) is 18.4 Å². The molecule has 0 saturated carbocycles. The Balaban J connectivity index is 1.48. The first-order chi connectivity index (χ1) is 12.9. The van der Waals surface area contributed by atoms with Crippen LogP contribution >= 0.6 is 0 Å². The van der Waals surface area contributed by atoms with Gasteiger partial charge >= 0.3 is 0 Å². The van der Waals surface area contributed by atoms with Gasteiger partial charge in [-0.2, -0.15) is 0 Å². The predicted octanol–water partition coefficient (Wildman–Crippen LogP) is 2.03. The molecule has 0 bridgehead atoms. The number of nitrogens with one attached hydrogen (secondary N) is 1. The fraction of sp³-hybridized carbons (Fsp3) is 0.368. The number of hydrogen-bond donors (Lipinski definition) is 1. The highest BCUT2D eigenvalue weighted by Gasteiger charge is 2.25. The molecule has 7 nitrogen and oxygen atoms in total. The molecule has 27 heavy (non-hydrogen) atoms. The highest BCUT2D eigenvalue weighted by molar-refractivity contribution is 7.90. The molecule has 0 aliphatic carbocycles. The molecule has 142 valence electrons. The number of fused-ring (bicyclic) bond motifs is 1. The number of nitrogens with zero attached hydrogens (tertiary/aromatic N) is 3. The van der Waals surface area contributed by atoms with Gasteiger partial charge in [0.15, 0.2) is 0 Å². The van der Waals surface area contributed by atoms with Crippen molar-refractivity contribution < 1.29 is 13.2 Å². The van der Waals surface area contributed by atoms with Crippen molar-refractivity contribution in [2.75, 3.05) is 35.6 Å². The maximum atomic E-state index is 12.6. The first-order valence-corrected chi connectivity index (χ1v) is 10.7. The van der Waals surface area contributed by atoms with Crippen molar-refractivity contribution in [3.05, 3.63) is 47.7 Å². The van der Waals surface area contributed by atoms with Crippen LogP contribution in [0.5, 0.6) is 0 Å². The number of hydrogen-bond acceptors (Lipinski definition) is 5. The molecule has 1 amide bonds. The summed E-state index contributed by atoms with van der Waals surface area (Å²) < 4.78 is 26.9. The van der Waals surface area contributed by atoms with E-state index in [4.69, 9.17) is 0 Å². The Kier molecular flexibility index (Phi) is 4.51. The second-order valence-corrected chi connectivity index (χ2v) is 8.75. The van der Waals surface area contributed by atoms with Crippen LogP contribution in [0.4, 0.5) is 11.4 Å². The van der Waals surface area contributed by atoms with E-state index in [1.165, 1.54) is 18.5 Å². The highest BCUT2D eigenvalue weighted by Crippen LogP contribution is 2.27. The van der Waals surface area contributed by atoms with Gasteiger partial charge in [-0.3, -0.25) is 4.79 Å². The third kappa shape index (κ3) is 3.75. The first kappa shape index (κ1) is 17.8. The van der Waals surface area contributed by atoms with E-state index < -0.39 is 10.0 Å². The van der Waals surface area contributed by atoms with Gasteiger partial charge in [0.2, 0.25) is 0 Å². The molecule has 1 aromatic rings. The first-order valence-electron chi connectivity index (χ1n) is 9.07. The Bertz CT molecular complexity index is 973. The van der Waals surface area contributed by atoms with Gasteiger partial charge in [0.1, 0.15) is 5.84 Å². The molecule has 0 atom stereocenters. The molecule has 3 aliphatic heterocycles. The predicted molar refractivity (Wildman–Crippen MR) is 106 cm³/mol. The van der Waals surface area contributed by atoms with Crippen molar-refractivity contribution in [3.63, 3.8) is 0 Å². The third-order valence-electron chi connectivity index (χ3n) is 4.99. The molecule has 1 aromatic carbocycles. The van der Waals surface area contributed by atoms with Gasteiger partial charge in [0.25, 0.3) is 15.9 Å². The topological polar surface area (TPSA) is 82.1 Å². The lowest BCUT2D eigenvalue weighted by Gasteiger charge is -2.27. The minimum atomic E-state index is -3.39. The number of aryl methyl sites for hydroxylation is 1. The average Bonchev–Trinajstić information content (AvgIpc) is 3.15. The number of anilines is 2. The van der Waals surface area contributed by atoms with Crippen molar-refractivity contribution in [1.82, 2.24) is 4.90 Å². The number of sulfonamides is 1. The van der Waals surface area contributed by atoms with Crippen molar-refractivity contribution in [1.29, 1.82) is 0 Å². The molecule has 0 radical (unpaired) electrons. The van der Waals surface area contributed by atoms with Gasteiger partial charge in [-0.05, 0) is 55.7 Å². The van der Waals surface area contributed by atoms with Crippen LogP contribution in [0.25, 0.3) is 0 Å². The lowest BCUT2D eigenvalue weighted by atomic mass is 10.1. The Morgan fingerprint density at radius 2 is 1.93 bits per heavy atom. The van der Waals surface area contributed by atoms with Crippen molar-refractivity contribution in [3.8, 4) is 0 Å². The molecule has 3 aliphatic rings. The summed E-state index contributed by atoms with van der Waals surface area (Å²) >= 11 is 0. The summed E-state index contributed by atoms with van der Waals surface area (Å²) in [5.74, 6) is 0.0723. The Morgan fingerprint density at radius 3 is 2.67 bits per heavy atom. The third-order valence-corrected chi connectivity index (χ3v) is 6.15. The van der Waals surface area contributed by atoms with E-state index in [2.05, 4.69) is 27.6 Å². The van der Waals surface area contributed by atoms with Crippen LogP contribution in [-0.4, -0.2) is 50.4 Å². The summed E-state index contributed by atoms with van der Waals surface area (Å²) in [6, 6.07) is 5.96.